The molecule has 1 N–H and O–H groups in total. The van der Waals surface area contributed by atoms with Crippen molar-refractivity contribution in [3.05, 3.63) is 35.4 Å². The van der Waals surface area contributed by atoms with Crippen molar-refractivity contribution in [2.45, 2.75) is 30.6 Å². The molecule has 0 spiro atoms. The Morgan fingerprint density at radius 1 is 1.26 bits per heavy atom. The van der Waals surface area contributed by atoms with Gasteiger partial charge in [-0.05, 0) is 31.9 Å². The number of rotatable bonds is 3. The van der Waals surface area contributed by atoms with Gasteiger partial charge in [0.25, 0.3) is 0 Å². The van der Waals surface area contributed by atoms with Crippen LogP contribution in [-0.2, 0) is 20.2 Å². The SMILES string of the molecule is CC(C(=O)N1CCC(O)(c2c(F)cccc2F)CC1)S(C)(=O)=O. The summed E-state index contributed by atoms with van der Waals surface area (Å²) in [5, 5.41) is 9.38. The van der Waals surface area contributed by atoms with Gasteiger partial charge in [-0.25, -0.2) is 17.2 Å². The van der Waals surface area contributed by atoms with Crippen LogP contribution in [0.2, 0.25) is 0 Å². The first-order valence-corrected chi connectivity index (χ1v) is 9.16. The number of hydrogen-bond acceptors (Lipinski definition) is 4. The molecule has 128 valence electrons. The summed E-state index contributed by atoms with van der Waals surface area (Å²) < 4.78 is 50.6. The number of carbonyl (C=O) groups excluding carboxylic acids is 1. The third-order valence-corrected chi connectivity index (χ3v) is 5.81. The fraction of sp³-hybridized carbons (Fsp3) is 0.533. The number of nitrogens with zero attached hydrogens (tertiary/aromatic N) is 1. The van der Waals surface area contributed by atoms with Gasteiger partial charge in [-0.1, -0.05) is 6.07 Å². The van der Waals surface area contributed by atoms with E-state index in [-0.39, 0.29) is 25.9 Å². The molecule has 0 radical (unpaired) electrons. The van der Waals surface area contributed by atoms with Crippen molar-refractivity contribution < 1.29 is 27.1 Å². The first-order valence-electron chi connectivity index (χ1n) is 7.21. The van der Waals surface area contributed by atoms with E-state index in [1.807, 2.05) is 0 Å². The van der Waals surface area contributed by atoms with E-state index in [9.17, 15) is 27.1 Å². The van der Waals surface area contributed by atoms with Crippen molar-refractivity contribution in [3.8, 4) is 0 Å². The molecular formula is C15H19F2NO4S. The molecule has 1 aliphatic heterocycles. The molecule has 1 aromatic rings. The summed E-state index contributed by atoms with van der Waals surface area (Å²) in [6.07, 6.45) is 0.852. The fourth-order valence-corrected chi connectivity index (χ4v) is 3.24. The van der Waals surface area contributed by atoms with Gasteiger partial charge in [0.05, 0.1) is 11.2 Å². The van der Waals surface area contributed by atoms with Gasteiger partial charge in [-0.3, -0.25) is 4.79 Å². The Morgan fingerprint density at radius 2 is 1.74 bits per heavy atom. The van der Waals surface area contributed by atoms with E-state index in [1.165, 1.54) is 17.9 Å². The van der Waals surface area contributed by atoms with Crippen LogP contribution in [0.15, 0.2) is 18.2 Å². The molecule has 1 saturated heterocycles. The van der Waals surface area contributed by atoms with Gasteiger partial charge in [-0.2, -0.15) is 0 Å². The largest absolute Gasteiger partial charge is 0.385 e. The van der Waals surface area contributed by atoms with Gasteiger partial charge in [0, 0.05) is 19.3 Å². The molecule has 1 aromatic carbocycles. The Hall–Kier alpha value is -1.54. The molecule has 1 aliphatic rings. The van der Waals surface area contributed by atoms with E-state index >= 15 is 0 Å². The van der Waals surface area contributed by atoms with E-state index in [2.05, 4.69) is 0 Å². The number of carbonyl (C=O) groups is 1. The summed E-state index contributed by atoms with van der Waals surface area (Å²) in [5.41, 5.74) is -2.11. The molecule has 0 bridgehead atoms. The van der Waals surface area contributed by atoms with Gasteiger partial charge < -0.3 is 10.0 Å². The molecule has 1 unspecified atom stereocenters. The van der Waals surface area contributed by atoms with E-state index in [0.717, 1.165) is 18.4 Å². The highest BCUT2D eigenvalue weighted by atomic mass is 32.2. The van der Waals surface area contributed by atoms with E-state index < -0.39 is 43.8 Å². The number of benzene rings is 1. The highest BCUT2D eigenvalue weighted by molar-refractivity contribution is 7.92. The van der Waals surface area contributed by atoms with Crippen LogP contribution >= 0.6 is 0 Å². The van der Waals surface area contributed by atoms with Crippen LogP contribution in [0.1, 0.15) is 25.3 Å². The van der Waals surface area contributed by atoms with Crippen molar-refractivity contribution >= 4 is 15.7 Å². The first kappa shape index (κ1) is 17.8. The molecule has 1 heterocycles. The quantitative estimate of drug-likeness (QED) is 0.892. The Kier molecular flexibility index (Phi) is 4.77. The smallest absolute Gasteiger partial charge is 0.240 e. The van der Waals surface area contributed by atoms with Gasteiger partial charge in [0.1, 0.15) is 16.9 Å². The Bertz CT molecular complexity index is 692. The average Bonchev–Trinajstić information content (AvgIpc) is 2.45. The standard InChI is InChI=1S/C15H19F2NO4S/c1-10(23(2,21)22)14(19)18-8-6-15(20,7-9-18)13-11(16)4-3-5-12(13)17/h3-5,10,20H,6-9H2,1-2H3. The number of amides is 1. The summed E-state index contributed by atoms with van der Waals surface area (Å²) in [6, 6.07) is 3.35. The van der Waals surface area contributed by atoms with E-state index in [0.29, 0.717) is 0 Å². The number of likely N-dealkylation sites (tertiary alicyclic amines) is 1. The van der Waals surface area contributed by atoms with Gasteiger partial charge >= 0.3 is 0 Å². The fourth-order valence-electron chi connectivity index (χ4n) is 2.73. The zero-order valence-electron chi connectivity index (χ0n) is 12.9. The number of hydrogen-bond donors (Lipinski definition) is 1. The second kappa shape index (κ2) is 6.16. The third-order valence-electron chi connectivity index (χ3n) is 4.32. The van der Waals surface area contributed by atoms with Crippen LogP contribution in [0.25, 0.3) is 0 Å². The molecule has 0 aliphatic carbocycles. The maximum absolute atomic E-state index is 13.9. The van der Waals surface area contributed by atoms with Crippen LogP contribution in [0, 0.1) is 11.6 Å². The van der Waals surface area contributed by atoms with Crippen molar-refractivity contribution in [2.24, 2.45) is 0 Å². The highest BCUT2D eigenvalue weighted by Gasteiger charge is 2.40. The normalized spacial score (nSPS) is 19.4. The van der Waals surface area contributed by atoms with Gasteiger partial charge in [0.15, 0.2) is 9.84 Å². The predicted octanol–water partition coefficient (Wildman–Crippen LogP) is 1.21. The molecule has 8 heteroatoms. The minimum Gasteiger partial charge on any atom is -0.385 e. The van der Waals surface area contributed by atoms with Gasteiger partial charge in [-0.15, -0.1) is 0 Å². The minimum atomic E-state index is -3.52. The van der Waals surface area contributed by atoms with E-state index in [1.54, 1.807) is 0 Å². The second-order valence-corrected chi connectivity index (χ2v) is 8.29. The monoisotopic (exact) mass is 347 g/mol. The lowest BCUT2D eigenvalue weighted by Gasteiger charge is -2.39. The molecule has 1 amide bonds. The lowest BCUT2D eigenvalue weighted by molar-refractivity contribution is -0.135. The van der Waals surface area contributed by atoms with Gasteiger partial charge in [0.2, 0.25) is 5.91 Å². The Labute approximate surface area is 133 Å². The topological polar surface area (TPSA) is 74.7 Å². The lowest BCUT2D eigenvalue weighted by atomic mass is 9.83. The summed E-state index contributed by atoms with van der Waals surface area (Å²) >= 11 is 0. The molecule has 5 nitrogen and oxygen atoms in total. The average molecular weight is 347 g/mol. The molecule has 2 rings (SSSR count). The van der Waals surface area contributed by atoms with Crippen molar-refractivity contribution in [3.63, 3.8) is 0 Å². The summed E-state index contributed by atoms with van der Waals surface area (Å²) in [5.74, 6) is -2.24. The lowest BCUT2D eigenvalue weighted by Crippen LogP contribution is -2.49. The minimum absolute atomic E-state index is 0.0307. The second-order valence-electron chi connectivity index (χ2n) is 5.93. The molecule has 1 atom stereocenters. The maximum Gasteiger partial charge on any atom is 0.240 e. The zero-order chi connectivity index (χ0) is 17.4. The van der Waals surface area contributed by atoms with Crippen molar-refractivity contribution in [1.82, 2.24) is 4.90 Å². The van der Waals surface area contributed by atoms with Crippen LogP contribution < -0.4 is 0 Å². The number of sulfone groups is 1. The van der Waals surface area contributed by atoms with E-state index in [4.69, 9.17) is 0 Å². The van der Waals surface area contributed by atoms with Crippen LogP contribution in [0.4, 0.5) is 8.78 Å². The molecule has 0 aromatic heterocycles. The summed E-state index contributed by atoms with van der Waals surface area (Å²) in [4.78, 5) is 13.4. The first-order chi connectivity index (χ1) is 10.6. The maximum atomic E-state index is 13.9. The molecule has 0 saturated carbocycles. The molecule has 1 fully saturated rings. The van der Waals surface area contributed by atoms with Crippen molar-refractivity contribution in [2.75, 3.05) is 19.3 Å². The zero-order valence-corrected chi connectivity index (χ0v) is 13.7. The highest BCUT2D eigenvalue weighted by Crippen LogP contribution is 2.36. The number of halogens is 2. The van der Waals surface area contributed by atoms with Crippen LogP contribution in [-0.4, -0.2) is 48.9 Å². The van der Waals surface area contributed by atoms with Crippen LogP contribution in [0.3, 0.4) is 0 Å². The Balaban J connectivity index is 2.16. The third kappa shape index (κ3) is 3.53. The van der Waals surface area contributed by atoms with Crippen LogP contribution in [0.5, 0.6) is 0 Å². The summed E-state index contributed by atoms with van der Waals surface area (Å²) in [6.45, 7) is 1.36. The number of aliphatic hydroxyl groups is 1. The predicted molar refractivity (Wildman–Crippen MR) is 80.4 cm³/mol. The molecular weight excluding hydrogens is 328 g/mol. The van der Waals surface area contributed by atoms with Crippen molar-refractivity contribution in [1.29, 1.82) is 0 Å². The summed E-state index contributed by atoms with van der Waals surface area (Å²) in [7, 11) is -3.52. The molecule has 23 heavy (non-hydrogen) atoms. The Morgan fingerprint density at radius 3 is 2.17 bits per heavy atom. The number of piperidine rings is 1.